The van der Waals surface area contributed by atoms with Crippen molar-refractivity contribution in [3.63, 3.8) is 0 Å². The highest BCUT2D eigenvalue weighted by atomic mass is 19.1. The lowest BCUT2D eigenvalue weighted by molar-refractivity contribution is 0.0734. The molecule has 2 saturated carbocycles. The molecule has 156 valence electrons. The second-order valence-electron chi connectivity index (χ2n) is 8.88. The number of carbonyl (C=O) groups excluding carboxylic acids is 1. The van der Waals surface area contributed by atoms with E-state index in [4.69, 9.17) is 10.00 Å². The summed E-state index contributed by atoms with van der Waals surface area (Å²) in [5, 5.41) is 8.79. The molecular formula is C26H28FNO2. The van der Waals surface area contributed by atoms with Crippen molar-refractivity contribution in [2.75, 3.05) is 0 Å². The van der Waals surface area contributed by atoms with Gasteiger partial charge >= 0.3 is 5.97 Å². The molecule has 4 atom stereocenters. The quantitative estimate of drug-likeness (QED) is 0.424. The molecule has 2 aliphatic rings. The number of esters is 1. The summed E-state index contributed by atoms with van der Waals surface area (Å²) in [6.07, 6.45) is 9.28. The van der Waals surface area contributed by atoms with Crippen LogP contribution in [0.5, 0.6) is 5.75 Å². The van der Waals surface area contributed by atoms with Crippen molar-refractivity contribution in [3.05, 3.63) is 65.0 Å². The van der Waals surface area contributed by atoms with E-state index in [9.17, 15) is 9.18 Å². The molecule has 0 aromatic heterocycles. The van der Waals surface area contributed by atoms with Crippen LogP contribution in [0.4, 0.5) is 4.39 Å². The van der Waals surface area contributed by atoms with E-state index in [1.54, 1.807) is 18.2 Å². The average molecular weight is 406 g/mol. The van der Waals surface area contributed by atoms with Crippen LogP contribution in [-0.4, -0.2) is 5.97 Å². The minimum absolute atomic E-state index is 0.0722. The predicted octanol–water partition coefficient (Wildman–Crippen LogP) is 6.63. The number of nitrogens with zero attached hydrogens (tertiary/aromatic N) is 1. The summed E-state index contributed by atoms with van der Waals surface area (Å²) in [5.74, 6) is 2.14. The first-order valence-corrected chi connectivity index (χ1v) is 11.1. The summed E-state index contributed by atoms with van der Waals surface area (Å²) in [7, 11) is 0. The summed E-state index contributed by atoms with van der Waals surface area (Å²) in [4.78, 5) is 12.4. The van der Waals surface area contributed by atoms with E-state index in [2.05, 4.69) is 6.92 Å². The molecule has 0 radical (unpaired) electrons. The Morgan fingerprint density at radius 2 is 1.80 bits per heavy atom. The molecule has 3 nitrogen and oxygen atoms in total. The first-order chi connectivity index (χ1) is 14.6. The zero-order valence-corrected chi connectivity index (χ0v) is 17.4. The Labute approximate surface area is 177 Å². The average Bonchev–Trinajstić information content (AvgIpc) is 2.78. The van der Waals surface area contributed by atoms with Crippen molar-refractivity contribution < 1.29 is 13.9 Å². The molecule has 2 aromatic rings. The largest absolute Gasteiger partial charge is 0.423 e. The number of fused-ring (bicyclic) bond motifs is 1. The number of hydrogen-bond acceptors (Lipinski definition) is 3. The number of halogens is 1. The highest BCUT2D eigenvalue weighted by Crippen LogP contribution is 2.48. The van der Waals surface area contributed by atoms with Gasteiger partial charge in [-0.25, -0.2) is 9.18 Å². The molecule has 4 rings (SSSR count). The van der Waals surface area contributed by atoms with E-state index in [0.717, 1.165) is 23.8 Å². The Kier molecular flexibility index (Phi) is 6.18. The van der Waals surface area contributed by atoms with E-state index in [1.807, 2.05) is 12.1 Å². The molecule has 0 saturated heterocycles. The van der Waals surface area contributed by atoms with Gasteiger partial charge in [0.25, 0.3) is 0 Å². The first-order valence-electron chi connectivity index (χ1n) is 11.1. The van der Waals surface area contributed by atoms with E-state index in [-0.39, 0.29) is 11.3 Å². The second-order valence-corrected chi connectivity index (χ2v) is 8.88. The van der Waals surface area contributed by atoms with E-state index < -0.39 is 11.8 Å². The number of nitriles is 1. The van der Waals surface area contributed by atoms with Gasteiger partial charge in [-0.15, -0.1) is 0 Å². The number of rotatable bonds is 4. The van der Waals surface area contributed by atoms with Crippen molar-refractivity contribution in [2.45, 2.75) is 57.8 Å². The molecule has 2 aliphatic carbocycles. The van der Waals surface area contributed by atoms with Gasteiger partial charge in [0.2, 0.25) is 0 Å². The van der Waals surface area contributed by atoms with Crippen LogP contribution in [0.3, 0.4) is 0 Å². The molecule has 0 spiro atoms. The summed E-state index contributed by atoms with van der Waals surface area (Å²) in [6.45, 7) is 2.32. The summed E-state index contributed by atoms with van der Waals surface area (Å²) in [5.41, 5.74) is 1.67. The molecule has 1 unspecified atom stereocenters. The summed E-state index contributed by atoms with van der Waals surface area (Å²) >= 11 is 0. The zero-order valence-electron chi connectivity index (χ0n) is 17.4. The van der Waals surface area contributed by atoms with Crippen LogP contribution in [0.1, 0.15) is 79.3 Å². The Morgan fingerprint density at radius 1 is 1.07 bits per heavy atom. The fourth-order valence-electron chi connectivity index (χ4n) is 5.37. The summed E-state index contributed by atoms with van der Waals surface area (Å²) in [6, 6.07) is 13.2. The number of hydrogen-bond donors (Lipinski definition) is 0. The Balaban J connectivity index is 1.38. The maximum Gasteiger partial charge on any atom is 0.343 e. The predicted molar refractivity (Wildman–Crippen MR) is 114 cm³/mol. The van der Waals surface area contributed by atoms with Gasteiger partial charge in [-0.3, -0.25) is 0 Å². The molecule has 0 N–H and O–H groups in total. The summed E-state index contributed by atoms with van der Waals surface area (Å²) < 4.78 is 19.0. The molecule has 0 aliphatic heterocycles. The molecule has 30 heavy (non-hydrogen) atoms. The Hall–Kier alpha value is -2.67. The number of benzene rings is 2. The third-order valence-corrected chi connectivity index (χ3v) is 7.19. The fourth-order valence-corrected chi connectivity index (χ4v) is 5.37. The van der Waals surface area contributed by atoms with Crippen molar-refractivity contribution in [2.24, 2.45) is 17.8 Å². The minimum atomic E-state index is -0.693. The lowest BCUT2D eigenvalue weighted by Crippen LogP contribution is -2.30. The standard InChI is InChI=1S/C26H28FNO2/c1-2-17-3-4-22-14-21(10-9-20(22)13-17)18-5-7-19(8-6-18)26(29)30-24-12-11-23(16-28)25(27)15-24/h5-8,11-12,15,17,20-22H,2-4,9-10,13-14H2,1H3/t17-,20-,21?,22+/m0/s1. The van der Waals surface area contributed by atoms with Crippen LogP contribution in [-0.2, 0) is 0 Å². The number of ether oxygens (including phenoxy) is 1. The van der Waals surface area contributed by atoms with Crippen LogP contribution < -0.4 is 4.74 Å². The monoisotopic (exact) mass is 405 g/mol. The van der Waals surface area contributed by atoms with Crippen LogP contribution in [0.25, 0.3) is 0 Å². The lowest BCUT2D eigenvalue weighted by Gasteiger charge is -2.42. The van der Waals surface area contributed by atoms with Crippen molar-refractivity contribution in [1.29, 1.82) is 5.26 Å². The van der Waals surface area contributed by atoms with Crippen molar-refractivity contribution in [3.8, 4) is 11.8 Å². The van der Waals surface area contributed by atoms with Gasteiger partial charge in [-0.05, 0) is 85.6 Å². The van der Waals surface area contributed by atoms with Gasteiger partial charge in [0.1, 0.15) is 17.6 Å². The van der Waals surface area contributed by atoms with Crippen LogP contribution in [0.2, 0.25) is 0 Å². The number of carbonyl (C=O) groups is 1. The zero-order chi connectivity index (χ0) is 21.1. The smallest absolute Gasteiger partial charge is 0.343 e. The van der Waals surface area contributed by atoms with Crippen LogP contribution >= 0.6 is 0 Å². The highest BCUT2D eigenvalue weighted by Gasteiger charge is 2.35. The normalized spacial score (nSPS) is 25.8. The second kappa shape index (κ2) is 9.00. The minimum Gasteiger partial charge on any atom is -0.423 e. The SMILES string of the molecule is CC[C@H]1CC[C@@H]2CC(c3ccc(C(=O)Oc4ccc(C#N)c(F)c4)cc3)CC[C@H]2C1. The van der Waals surface area contributed by atoms with Gasteiger partial charge in [-0.2, -0.15) is 5.26 Å². The van der Waals surface area contributed by atoms with Crippen LogP contribution in [0, 0.1) is 34.9 Å². The third-order valence-electron chi connectivity index (χ3n) is 7.19. The van der Waals surface area contributed by atoms with Gasteiger partial charge in [0.15, 0.2) is 0 Å². The molecular weight excluding hydrogens is 377 g/mol. The topological polar surface area (TPSA) is 50.1 Å². The molecule has 0 heterocycles. The van der Waals surface area contributed by atoms with Gasteiger partial charge in [0.05, 0.1) is 11.1 Å². The third kappa shape index (κ3) is 4.41. The van der Waals surface area contributed by atoms with Crippen LogP contribution in [0.15, 0.2) is 42.5 Å². The molecule has 2 aromatic carbocycles. The molecule has 0 amide bonds. The van der Waals surface area contributed by atoms with E-state index >= 15 is 0 Å². The first kappa shape index (κ1) is 20.6. The van der Waals surface area contributed by atoms with Gasteiger partial charge in [-0.1, -0.05) is 31.9 Å². The molecule has 0 bridgehead atoms. The molecule has 2 fully saturated rings. The maximum absolute atomic E-state index is 13.7. The van der Waals surface area contributed by atoms with Gasteiger partial charge in [0, 0.05) is 6.07 Å². The van der Waals surface area contributed by atoms with E-state index in [1.165, 1.54) is 62.6 Å². The molecule has 4 heteroatoms. The fraction of sp³-hybridized carbons (Fsp3) is 0.462. The van der Waals surface area contributed by atoms with Crippen molar-refractivity contribution in [1.82, 2.24) is 0 Å². The highest BCUT2D eigenvalue weighted by molar-refractivity contribution is 5.91. The van der Waals surface area contributed by atoms with Gasteiger partial charge < -0.3 is 4.74 Å². The lowest BCUT2D eigenvalue weighted by atomic mass is 9.63. The Bertz CT molecular complexity index is 946. The van der Waals surface area contributed by atoms with E-state index in [0.29, 0.717) is 11.5 Å². The Morgan fingerprint density at radius 3 is 2.50 bits per heavy atom. The maximum atomic E-state index is 13.7. The van der Waals surface area contributed by atoms with Crippen molar-refractivity contribution >= 4 is 5.97 Å².